The van der Waals surface area contributed by atoms with E-state index in [1.807, 2.05) is 42.5 Å². The molecule has 130 valence electrons. The second kappa shape index (κ2) is 7.26. The molecule has 0 aliphatic carbocycles. The van der Waals surface area contributed by atoms with Gasteiger partial charge in [0.2, 0.25) is 0 Å². The third kappa shape index (κ3) is 3.53. The summed E-state index contributed by atoms with van der Waals surface area (Å²) in [4.78, 5) is 4.83. The third-order valence-corrected chi connectivity index (χ3v) is 5.24. The highest BCUT2D eigenvalue weighted by Gasteiger charge is 2.34. The molecule has 3 atom stereocenters. The van der Waals surface area contributed by atoms with E-state index >= 15 is 0 Å². The minimum absolute atomic E-state index is 0.0471. The van der Waals surface area contributed by atoms with Crippen LogP contribution in [0.25, 0.3) is 0 Å². The lowest BCUT2D eigenvalue weighted by Gasteiger charge is -2.46. The number of aromatic hydroxyl groups is 1. The molecule has 0 bridgehead atoms. The van der Waals surface area contributed by atoms with Crippen LogP contribution in [0.15, 0.2) is 48.5 Å². The molecule has 1 fully saturated rings. The Morgan fingerprint density at radius 3 is 2.56 bits per heavy atom. The van der Waals surface area contributed by atoms with Crippen LogP contribution >= 0.6 is 0 Å². The zero-order chi connectivity index (χ0) is 18.0. The number of benzene rings is 2. The summed E-state index contributed by atoms with van der Waals surface area (Å²) >= 11 is 0. The lowest BCUT2D eigenvalue weighted by atomic mass is 9.91. The second-order valence-electron chi connectivity index (χ2n) is 7.03. The number of hydrogen-bond acceptors (Lipinski definition) is 4. The van der Waals surface area contributed by atoms with E-state index < -0.39 is 0 Å². The van der Waals surface area contributed by atoms with Gasteiger partial charge in [0.1, 0.15) is 5.75 Å². The molecule has 25 heavy (non-hydrogen) atoms. The number of phenols is 1. The van der Waals surface area contributed by atoms with Gasteiger partial charge in [0.05, 0.1) is 17.7 Å². The van der Waals surface area contributed by atoms with Crippen LogP contribution in [0.2, 0.25) is 0 Å². The Balaban J connectivity index is 2.11. The number of piperazine rings is 1. The monoisotopic (exact) mass is 335 g/mol. The molecule has 2 aromatic carbocycles. The van der Waals surface area contributed by atoms with Crippen LogP contribution in [-0.2, 0) is 0 Å². The van der Waals surface area contributed by atoms with Crippen LogP contribution in [0.1, 0.15) is 36.6 Å². The molecule has 0 radical (unpaired) electrons. The van der Waals surface area contributed by atoms with Gasteiger partial charge < -0.3 is 10.0 Å². The smallest absolute Gasteiger partial charge is 0.115 e. The summed E-state index contributed by atoms with van der Waals surface area (Å²) in [7, 11) is 2.16. The first-order chi connectivity index (χ1) is 12.0. The van der Waals surface area contributed by atoms with Gasteiger partial charge in [-0.1, -0.05) is 30.3 Å². The first-order valence-electron chi connectivity index (χ1n) is 8.75. The van der Waals surface area contributed by atoms with Gasteiger partial charge in [-0.25, -0.2) is 0 Å². The molecular weight excluding hydrogens is 310 g/mol. The van der Waals surface area contributed by atoms with Crippen molar-refractivity contribution in [3.05, 3.63) is 65.2 Å². The van der Waals surface area contributed by atoms with Crippen molar-refractivity contribution in [3.8, 4) is 11.8 Å². The minimum Gasteiger partial charge on any atom is -0.508 e. The number of hydrogen-bond donors (Lipinski definition) is 1. The Kier molecular flexibility index (Phi) is 5.08. The van der Waals surface area contributed by atoms with Crippen molar-refractivity contribution < 1.29 is 5.11 Å². The van der Waals surface area contributed by atoms with Gasteiger partial charge in [-0.2, -0.15) is 5.26 Å². The molecular formula is C21H25N3O. The van der Waals surface area contributed by atoms with E-state index in [0.29, 0.717) is 17.6 Å². The van der Waals surface area contributed by atoms with Crippen molar-refractivity contribution in [1.29, 1.82) is 5.26 Å². The SMILES string of the molecule is C[C@@H]1CN([C@H](c2cccc(O)c2)c2ccccc2C#N)[C@@H](C)CN1C. The van der Waals surface area contributed by atoms with E-state index in [0.717, 1.165) is 24.2 Å². The molecule has 1 N–H and O–H groups in total. The average molecular weight is 335 g/mol. The molecule has 2 aromatic rings. The lowest BCUT2D eigenvalue weighted by molar-refractivity contribution is 0.0389. The maximum absolute atomic E-state index is 10.0. The van der Waals surface area contributed by atoms with Gasteiger partial charge in [0, 0.05) is 25.2 Å². The Bertz CT molecular complexity index is 783. The van der Waals surface area contributed by atoms with Gasteiger partial charge in [-0.3, -0.25) is 4.90 Å². The number of nitriles is 1. The zero-order valence-electron chi connectivity index (χ0n) is 15.1. The highest BCUT2D eigenvalue weighted by molar-refractivity contribution is 5.45. The quantitative estimate of drug-likeness (QED) is 0.934. The Hall–Kier alpha value is -2.35. The molecule has 1 aliphatic heterocycles. The van der Waals surface area contributed by atoms with Crippen LogP contribution in [-0.4, -0.2) is 47.1 Å². The first kappa shape index (κ1) is 17.5. The fraction of sp³-hybridized carbons (Fsp3) is 0.381. The molecule has 1 heterocycles. The standard InChI is InChI=1S/C21H25N3O/c1-15-14-24(16(2)13-23(15)3)21(17-8-6-9-19(25)11-17)20-10-5-4-7-18(20)12-22/h4-11,15-16,21,25H,13-14H2,1-3H3/t15-,16+,21-/m1/s1. The fourth-order valence-electron chi connectivity index (χ4n) is 3.77. The van der Waals surface area contributed by atoms with Crippen molar-refractivity contribution in [2.75, 3.05) is 20.1 Å². The van der Waals surface area contributed by atoms with Crippen LogP contribution in [0.3, 0.4) is 0 Å². The predicted molar refractivity (Wildman–Crippen MR) is 99.4 cm³/mol. The largest absolute Gasteiger partial charge is 0.508 e. The average Bonchev–Trinajstić information content (AvgIpc) is 2.60. The van der Waals surface area contributed by atoms with Crippen LogP contribution in [0, 0.1) is 11.3 Å². The summed E-state index contributed by atoms with van der Waals surface area (Å²) in [6, 6.07) is 18.3. The predicted octanol–water partition coefficient (Wildman–Crippen LogP) is 3.38. The topological polar surface area (TPSA) is 50.5 Å². The Morgan fingerprint density at radius 1 is 1.08 bits per heavy atom. The summed E-state index contributed by atoms with van der Waals surface area (Å²) in [6.45, 7) is 6.35. The molecule has 4 heteroatoms. The maximum Gasteiger partial charge on any atom is 0.115 e. The summed E-state index contributed by atoms with van der Waals surface area (Å²) in [5.41, 5.74) is 2.71. The minimum atomic E-state index is -0.0471. The van der Waals surface area contributed by atoms with Gasteiger partial charge in [0.15, 0.2) is 0 Å². The van der Waals surface area contributed by atoms with Crippen LogP contribution in [0.5, 0.6) is 5.75 Å². The highest BCUT2D eigenvalue weighted by atomic mass is 16.3. The number of rotatable bonds is 3. The highest BCUT2D eigenvalue weighted by Crippen LogP contribution is 2.35. The molecule has 0 aromatic heterocycles. The third-order valence-electron chi connectivity index (χ3n) is 5.24. The van der Waals surface area contributed by atoms with Crippen molar-refractivity contribution >= 4 is 0 Å². The normalized spacial score (nSPS) is 23.1. The fourth-order valence-corrected chi connectivity index (χ4v) is 3.77. The van der Waals surface area contributed by atoms with Crippen LogP contribution < -0.4 is 0 Å². The van der Waals surface area contributed by atoms with Crippen molar-refractivity contribution in [2.45, 2.75) is 32.0 Å². The summed E-state index contributed by atoms with van der Waals surface area (Å²) in [6.07, 6.45) is 0. The van der Waals surface area contributed by atoms with Gasteiger partial charge in [-0.15, -0.1) is 0 Å². The lowest BCUT2D eigenvalue weighted by Crippen LogP contribution is -2.55. The van der Waals surface area contributed by atoms with Gasteiger partial charge in [-0.05, 0) is 50.2 Å². The second-order valence-corrected chi connectivity index (χ2v) is 7.03. The molecule has 1 aliphatic rings. The Labute approximate surface area is 149 Å². The Morgan fingerprint density at radius 2 is 1.84 bits per heavy atom. The summed E-state index contributed by atoms with van der Waals surface area (Å²) < 4.78 is 0. The van der Waals surface area contributed by atoms with E-state index in [9.17, 15) is 10.4 Å². The number of nitrogens with zero attached hydrogens (tertiary/aromatic N) is 3. The van der Waals surface area contributed by atoms with Crippen molar-refractivity contribution in [2.24, 2.45) is 0 Å². The van der Waals surface area contributed by atoms with Crippen LogP contribution in [0.4, 0.5) is 0 Å². The first-order valence-corrected chi connectivity index (χ1v) is 8.75. The van der Waals surface area contributed by atoms with E-state index in [2.05, 4.69) is 36.8 Å². The summed E-state index contributed by atoms with van der Waals surface area (Å²) in [5.74, 6) is 0.256. The van der Waals surface area contributed by atoms with E-state index in [4.69, 9.17) is 0 Å². The maximum atomic E-state index is 10.0. The molecule has 0 unspecified atom stereocenters. The molecule has 3 rings (SSSR count). The van der Waals surface area contributed by atoms with E-state index in [1.165, 1.54) is 0 Å². The number of likely N-dealkylation sites (N-methyl/N-ethyl adjacent to an activating group) is 1. The van der Waals surface area contributed by atoms with Crippen molar-refractivity contribution in [3.63, 3.8) is 0 Å². The molecule has 1 saturated heterocycles. The summed E-state index contributed by atoms with van der Waals surface area (Å²) in [5, 5.41) is 19.6. The molecule has 4 nitrogen and oxygen atoms in total. The van der Waals surface area contributed by atoms with Gasteiger partial charge in [0.25, 0.3) is 0 Å². The molecule has 0 saturated carbocycles. The van der Waals surface area contributed by atoms with E-state index in [-0.39, 0.29) is 11.8 Å². The number of phenolic OH excluding ortho intramolecular Hbond substituents is 1. The molecule has 0 amide bonds. The molecule has 0 spiro atoms. The van der Waals surface area contributed by atoms with Crippen molar-refractivity contribution in [1.82, 2.24) is 9.80 Å². The van der Waals surface area contributed by atoms with E-state index in [1.54, 1.807) is 6.07 Å². The van der Waals surface area contributed by atoms with Gasteiger partial charge >= 0.3 is 0 Å². The zero-order valence-corrected chi connectivity index (χ0v) is 15.1.